The Morgan fingerprint density at radius 2 is 2.14 bits per heavy atom. The third kappa shape index (κ3) is 5.63. The molecule has 0 spiro atoms. The smallest absolute Gasteiger partial charge is 0.325 e. The summed E-state index contributed by atoms with van der Waals surface area (Å²) in [7, 11) is 2.06. The normalized spacial score (nSPS) is 17.2. The maximum absolute atomic E-state index is 12.4. The number of carbonyl (C=O) groups excluding carboxylic acids is 1. The number of hydrogen-bond donors (Lipinski definition) is 2. The van der Waals surface area contributed by atoms with E-state index in [1.165, 1.54) is 6.20 Å². The van der Waals surface area contributed by atoms with Crippen LogP contribution in [0.2, 0.25) is 0 Å². The highest BCUT2D eigenvalue weighted by atomic mass is 79.9. The summed E-state index contributed by atoms with van der Waals surface area (Å²) in [5.74, 6) is 0.957. The predicted octanol–water partition coefficient (Wildman–Crippen LogP) is 3.21. The van der Waals surface area contributed by atoms with E-state index in [0.29, 0.717) is 30.5 Å². The minimum absolute atomic E-state index is 0.00721. The van der Waals surface area contributed by atoms with E-state index < -0.39 is 6.03 Å². The van der Waals surface area contributed by atoms with Crippen LogP contribution in [-0.2, 0) is 4.74 Å². The number of anilines is 2. The van der Waals surface area contributed by atoms with Crippen molar-refractivity contribution in [3.05, 3.63) is 40.3 Å². The number of urea groups is 1. The second-order valence-electron chi connectivity index (χ2n) is 6.79. The monoisotopic (exact) mass is 449 g/mol. The number of nitrogens with one attached hydrogen (secondary N) is 2. The molecule has 1 aliphatic rings. The molecule has 9 heteroatoms. The Hall–Kier alpha value is -2.23. The summed E-state index contributed by atoms with van der Waals surface area (Å²) >= 11 is 3.50. The van der Waals surface area contributed by atoms with Crippen molar-refractivity contribution < 1.29 is 14.3 Å². The fourth-order valence-corrected chi connectivity index (χ4v) is 3.09. The van der Waals surface area contributed by atoms with Crippen LogP contribution in [0, 0.1) is 13.8 Å². The predicted molar refractivity (Wildman–Crippen MR) is 111 cm³/mol. The highest BCUT2D eigenvalue weighted by Crippen LogP contribution is 2.32. The summed E-state index contributed by atoms with van der Waals surface area (Å²) in [6.45, 7) is 6.62. The average Bonchev–Trinajstić information content (AvgIpc) is 2.65. The van der Waals surface area contributed by atoms with Gasteiger partial charge in [-0.25, -0.2) is 9.78 Å². The third-order valence-corrected chi connectivity index (χ3v) is 5.15. The van der Waals surface area contributed by atoms with E-state index in [9.17, 15) is 4.79 Å². The lowest BCUT2D eigenvalue weighted by Gasteiger charge is -2.30. The molecule has 3 rings (SSSR count). The fourth-order valence-electron chi connectivity index (χ4n) is 2.75. The van der Waals surface area contributed by atoms with Crippen LogP contribution >= 0.6 is 15.9 Å². The Morgan fingerprint density at radius 1 is 1.32 bits per heavy atom. The molecule has 1 aliphatic heterocycles. The third-order valence-electron chi connectivity index (χ3n) is 4.30. The molecule has 150 valence electrons. The van der Waals surface area contributed by atoms with Gasteiger partial charge in [0.1, 0.15) is 18.5 Å². The number of ether oxygens (including phenoxy) is 2. The minimum Gasteiger partial charge on any atom is -0.489 e. The van der Waals surface area contributed by atoms with Crippen molar-refractivity contribution in [3.8, 4) is 5.75 Å². The quantitative estimate of drug-likeness (QED) is 0.728. The first-order chi connectivity index (χ1) is 13.4. The summed E-state index contributed by atoms with van der Waals surface area (Å²) in [5, 5.41) is 5.48. The summed E-state index contributed by atoms with van der Waals surface area (Å²) in [4.78, 5) is 22.8. The van der Waals surface area contributed by atoms with E-state index in [-0.39, 0.29) is 6.10 Å². The lowest BCUT2D eigenvalue weighted by atomic mass is 10.2. The number of halogens is 1. The van der Waals surface area contributed by atoms with Crippen molar-refractivity contribution in [1.82, 2.24) is 14.9 Å². The zero-order chi connectivity index (χ0) is 20.1. The average molecular weight is 450 g/mol. The van der Waals surface area contributed by atoms with E-state index in [4.69, 9.17) is 9.47 Å². The van der Waals surface area contributed by atoms with Crippen LogP contribution in [0.3, 0.4) is 0 Å². The molecule has 1 aromatic carbocycles. The van der Waals surface area contributed by atoms with Gasteiger partial charge >= 0.3 is 6.03 Å². The number of aryl methyl sites for hydroxylation is 2. The van der Waals surface area contributed by atoms with Crippen molar-refractivity contribution >= 4 is 33.5 Å². The molecule has 1 atom stereocenters. The maximum atomic E-state index is 12.4. The second kappa shape index (κ2) is 9.31. The molecule has 0 radical (unpaired) electrons. The summed E-state index contributed by atoms with van der Waals surface area (Å²) in [5.41, 5.74) is 2.34. The molecule has 1 saturated heterocycles. The number of amides is 2. The van der Waals surface area contributed by atoms with Crippen molar-refractivity contribution in [3.63, 3.8) is 0 Å². The van der Waals surface area contributed by atoms with Gasteiger partial charge in [0.2, 0.25) is 0 Å². The lowest BCUT2D eigenvalue weighted by Crippen LogP contribution is -2.42. The van der Waals surface area contributed by atoms with Gasteiger partial charge in [-0.15, -0.1) is 0 Å². The topological polar surface area (TPSA) is 88.6 Å². The van der Waals surface area contributed by atoms with Gasteiger partial charge in [-0.2, -0.15) is 0 Å². The molecule has 8 nitrogen and oxygen atoms in total. The van der Waals surface area contributed by atoms with E-state index in [2.05, 4.69) is 48.5 Å². The first-order valence-electron chi connectivity index (χ1n) is 9.00. The van der Waals surface area contributed by atoms with Gasteiger partial charge in [0.15, 0.2) is 5.82 Å². The number of likely N-dealkylation sites (N-methyl/N-ethyl adjacent to an activating group) is 1. The van der Waals surface area contributed by atoms with Gasteiger partial charge in [0.25, 0.3) is 0 Å². The van der Waals surface area contributed by atoms with Gasteiger partial charge in [0.05, 0.1) is 30.4 Å². The zero-order valence-corrected chi connectivity index (χ0v) is 17.7. The Balaban J connectivity index is 1.67. The van der Waals surface area contributed by atoms with Crippen LogP contribution in [0.15, 0.2) is 29.0 Å². The van der Waals surface area contributed by atoms with Crippen molar-refractivity contribution in [1.29, 1.82) is 0 Å². The van der Waals surface area contributed by atoms with Gasteiger partial charge in [0, 0.05) is 17.6 Å². The van der Waals surface area contributed by atoms with Crippen LogP contribution in [0.1, 0.15) is 11.3 Å². The number of rotatable bonds is 5. The van der Waals surface area contributed by atoms with Crippen LogP contribution in [0.5, 0.6) is 5.75 Å². The Bertz CT molecular complexity index is 831. The molecule has 0 unspecified atom stereocenters. The Labute approximate surface area is 172 Å². The number of hydrogen-bond acceptors (Lipinski definition) is 6. The molecule has 0 bridgehead atoms. The van der Waals surface area contributed by atoms with Gasteiger partial charge in [-0.05, 0) is 38.6 Å². The molecule has 2 amide bonds. The number of nitrogens with zero attached hydrogens (tertiary/aromatic N) is 3. The Kier molecular flexibility index (Phi) is 6.82. The maximum Gasteiger partial charge on any atom is 0.325 e. The first kappa shape index (κ1) is 20.5. The summed E-state index contributed by atoms with van der Waals surface area (Å²) in [6, 6.07) is 3.28. The molecule has 2 N–H and O–H groups in total. The number of carbonyl (C=O) groups is 1. The van der Waals surface area contributed by atoms with Crippen molar-refractivity contribution in [2.75, 3.05) is 44.0 Å². The van der Waals surface area contributed by atoms with E-state index >= 15 is 0 Å². The molecule has 1 aromatic heterocycles. The molecule has 2 aromatic rings. The Morgan fingerprint density at radius 3 is 2.86 bits per heavy atom. The number of benzene rings is 1. The second-order valence-corrected chi connectivity index (χ2v) is 7.64. The highest BCUT2D eigenvalue weighted by molar-refractivity contribution is 9.10. The largest absolute Gasteiger partial charge is 0.489 e. The van der Waals surface area contributed by atoms with Crippen LogP contribution in [-0.4, -0.2) is 60.4 Å². The van der Waals surface area contributed by atoms with Crippen LogP contribution < -0.4 is 15.4 Å². The minimum atomic E-state index is -0.424. The summed E-state index contributed by atoms with van der Waals surface area (Å²) < 4.78 is 12.6. The van der Waals surface area contributed by atoms with E-state index in [0.717, 1.165) is 28.8 Å². The van der Waals surface area contributed by atoms with Crippen molar-refractivity contribution in [2.24, 2.45) is 0 Å². The number of aromatic nitrogens is 2. The van der Waals surface area contributed by atoms with Crippen LogP contribution in [0.25, 0.3) is 0 Å². The van der Waals surface area contributed by atoms with Crippen LogP contribution in [0.4, 0.5) is 16.3 Å². The summed E-state index contributed by atoms with van der Waals surface area (Å²) in [6.07, 6.45) is 3.09. The van der Waals surface area contributed by atoms with Gasteiger partial charge in [-0.3, -0.25) is 10.3 Å². The van der Waals surface area contributed by atoms with Gasteiger partial charge < -0.3 is 19.7 Å². The molecule has 1 fully saturated rings. The molecule has 0 aliphatic carbocycles. The molecular weight excluding hydrogens is 426 g/mol. The highest BCUT2D eigenvalue weighted by Gasteiger charge is 2.19. The number of morpholine rings is 1. The van der Waals surface area contributed by atoms with Gasteiger partial charge in [-0.1, -0.05) is 15.9 Å². The lowest BCUT2D eigenvalue weighted by molar-refractivity contribution is -0.0402. The molecule has 0 saturated carbocycles. The van der Waals surface area contributed by atoms with E-state index in [1.807, 2.05) is 26.0 Å². The van der Waals surface area contributed by atoms with Crippen molar-refractivity contribution in [2.45, 2.75) is 20.0 Å². The zero-order valence-electron chi connectivity index (χ0n) is 16.2. The SMILES string of the molecule is Cc1cnc(NC(=O)Nc2cc(Br)c(C)cc2OC[C@@H]2CN(C)CCO2)cn1. The first-order valence-corrected chi connectivity index (χ1v) is 9.80. The molecule has 28 heavy (non-hydrogen) atoms. The van der Waals surface area contributed by atoms with E-state index in [1.54, 1.807) is 6.20 Å². The fraction of sp³-hybridized carbons (Fsp3) is 0.421. The molecule has 2 heterocycles. The molecular formula is C19H24BrN5O3. The standard InChI is InChI=1S/C19H24BrN5O3/c1-12-6-17(28-11-14-10-25(3)4-5-27-14)16(7-15(12)20)23-19(26)24-18-9-21-13(2)8-22-18/h6-9,14H,4-5,10-11H2,1-3H3,(H2,22,23,24,26)/t14-/m0/s1.